The van der Waals surface area contributed by atoms with Crippen molar-refractivity contribution in [1.82, 2.24) is 9.80 Å². The molecule has 1 aromatic rings. The largest absolute Gasteiger partial charge is 0.341 e. The van der Waals surface area contributed by atoms with E-state index >= 15 is 0 Å². The molecule has 4 heteroatoms. The van der Waals surface area contributed by atoms with Crippen molar-refractivity contribution in [2.24, 2.45) is 0 Å². The molecule has 0 aromatic heterocycles. The zero-order valence-electron chi connectivity index (χ0n) is 13.5. The van der Waals surface area contributed by atoms with Crippen LogP contribution in [-0.4, -0.2) is 47.8 Å². The Morgan fingerprint density at radius 3 is 2.23 bits per heavy atom. The zero-order valence-corrected chi connectivity index (χ0v) is 13.5. The minimum atomic E-state index is 0.161. The molecule has 1 aliphatic rings. The lowest BCUT2D eigenvalue weighted by Crippen LogP contribution is -2.37. The molecule has 1 fully saturated rings. The summed E-state index contributed by atoms with van der Waals surface area (Å²) in [5.41, 5.74) is 1.05. The van der Waals surface area contributed by atoms with Crippen molar-refractivity contribution in [3.8, 4) is 0 Å². The summed E-state index contributed by atoms with van der Waals surface area (Å²) in [7, 11) is 0. The Morgan fingerprint density at radius 2 is 1.59 bits per heavy atom. The summed E-state index contributed by atoms with van der Waals surface area (Å²) >= 11 is 0. The summed E-state index contributed by atoms with van der Waals surface area (Å²) in [6, 6.07) is 9.84. The summed E-state index contributed by atoms with van der Waals surface area (Å²) < 4.78 is 0. The maximum atomic E-state index is 12.4. The molecule has 0 bridgehead atoms. The molecule has 0 N–H and O–H groups in total. The number of hydrogen-bond donors (Lipinski definition) is 0. The van der Waals surface area contributed by atoms with Gasteiger partial charge in [0.05, 0.1) is 6.42 Å². The number of carbonyl (C=O) groups is 2. The van der Waals surface area contributed by atoms with Crippen LogP contribution in [0, 0.1) is 0 Å². The van der Waals surface area contributed by atoms with Crippen molar-refractivity contribution in [2.45, 2.75) is 39.0 Å². The predicted molar refractivity (Wildman–Crippen MR) is 87.4 cm³/mol. The quantitative estimate of drug-likeness (QED) is 0.838. The van der Waals surface area contributed by atoms with E-state index in [4.69, 9.17) is 0 Å². The van der Waals surface area contributed by atoms with Gasteiger partial charge in [-0.2, -0.15) is 0 Å². The Labute approximate surface area is 133 Å². The highest BCUT2D eigenvalue weighted by Crippen LogP contribution is 2.09. The fourth-order valence-electron chi connectivity index (χ4n) is 2.78. The van der Waals surface area contributed by atoms with Gasteiger partial charge in [-0.25, -0.2) is 0 Å². The first-order valence-electron chi connectivity index (χ1n) is 8.30. The van der Waals surface area contributed by atoms with Gasteiger partial charge >= 0.3 is 0 Å². The first kappa shape index (κ1) is 16.5. The van der Waals surface area contributed by atoms with E-state index in [2.05, 4.69) is 6.92 Å². The molecular formula is C18H26N2O2. The van der Waals surface area contributed by atoms with E-state index in [-0.39, 0.29) is 11.8 Å². The molecule has 120 valence electrons. The number of nitrogens with zero attached hydrogens (tertiary/aromatic N) is 2. The summed E-state index contributed by atoms with van der Waals surface area (Å²) in [6.07, 6.45) is 3.95. The van der Waals surface area contributed by atoms with Crippen LogP contribution in [0.15, 0.2) is 30.3 Å². The van der Waals surface area contributed by atoms with Gasteiger partial charge in [-0.05, 0) is 18.4 Å². The van der Waals surface area contributed by atoms with E-state index in [1.54, 1.807) is 0 Å². The SMILES string of the molecule is CCCCC(=O)N1CCCN(C(=O)Cc2ccccc2)CC1. The monoisotopic (exact) mass is 302 g/mol. The molecule has 0 saturated carbocycles. The molecule has 0 radical (unpaired) electrons. The number of benzene rings is 1. The lowest BCUT2D eigenvalue weighted by atomic mass is 10.1. The van der Waals surface area contributed by atoms with Crippen molar-refractivity contribution < 1.29 is 9.59 Å². The molecule has 1 aromatic carbocycles. The third kappa shape index (κ3) is 4.86. The molecule has 0 unspecified atom stereocenters. The van der Waals surface area contributed by atoms with Gasteiger partial charge in [-0.3, -0.25) is 9.59 Å². The van der Waals surface area contributed by atoms with Gasteiger partial charge in [0, 0.05) is 32.6 Å². The average Bonchev–Trinajstić information content (AvgIpc) is 2.79. The summed E-state index contributed by atoms with van der Waals surface area (Å²) in [6.45, 7) is 4.95. The Hall–Kier alpha value is -1.84. The van der Waals surface area contributed by atoms with Crippen LogP contribution >= 0.6 is 0 Å². The summed E-state index contributed by atoms with van der Waals surface area (Å²) in [4.78, 5) is 28.3. The number of hydrogen-bond acceptors (Lipinski definition) is 2. The summed E-state index contributed by atoms with van der Waals surface area (Å²) in [5.74, 6) is 0.397. The Kier molecular flexibility index (Phi) is 6.44. The highest BCUT2D eigenvalue weighted by molar-refractivity contribution is 5.79. The van der Waals surface area contributed by atoms with E-state index in [1.165, 1.54) is 0 Å². The molecule has 22 heavy (non-hydrogen) atoms. The predicted octanol–water partition coefficient (Wildman–Crippen LogP) is 2.48. The molecule has 4 nitrogen and oxygen atoms in total. The second kappa shape index (κ2) is 8.57. The van der Waals surface area contributed by atoms with E-state index < -0.39 is 0 Å². The van der Waals surface area contributed by atoms with Crippen molar-refractivity contribution in [3.63, 3.8) is 0 Å². The normalized spacial score (nSPS) is 15.5. The summed E-state index contributed by atoms with van der Waals surface area (Å²) in [5, 5.41) is 0. The van der Waals surface area contributed by atoms with Crippen LogP contribution in [0.5, 0.6) is 0 Å². The van der Waals surface area contributed by atoms with Crippen molar-refractivity contribution in [3.05, 3.63) is 35.9 Å². The van der Waals surface area contributed by atoms with Gasteiger partial charge in [0.15, 0.2) is 0 Å². The fourth-order valence-corrected chi connectivity index (χ4v) is 2.78. The molecule has 2 rings (SSSR count). The molecule has 0 atom stereocenters. The fraction of sp³-hybridized carbons (Fsp3) is 0.556. The van der Waals surface area contributed by atoms with Gasteiger partial charge in [-0.15, -0.1) is 0 Å². The lowest BCUT2D eigenvalue weighted by molar-refractivity contribution is -0.133. The van der Waals surface area contributed by atoms with E-state index in [0.29, 0.717) is 25.9 Å². The highest BCUT2D eigenvalue weighted by Gasteiger charge is 2.21. The molecule has 1 aliphatic heterocycles. The third-order valence-corrected chi connectivity index (χ3v) is 4.14. The molecular weight excluding hydrogens is 276 g/mol. The molecule has 1 saturated heterocycles. The van der Waals surface area contributed by atoms with Crippen LogP contribution in [0.25, 0.3) is 0 Å². The maximum absolute atomic E-state index is 12.4. The first-order chi connectivity index (χ1) is 10.7. The van der Waals surface area contributed by atoms with E-state index in [0.717, 1.165) is 37.9 Å². The van der Waals surface area contributed by atoms with Crippen molar-refractivity contribution in [2.75, 3.05) is 26.2 Å². The van der Waals surface area contributed by atoms with Crippen LogP contribution in [0.2, 0.25) is 0 Å². The smallest absolute Gasteiger partial charge is 0.227 e. The highest BCUT2D eigenvalue weighted by atomic mass is 16.2. The van der Waals surface area contributed by atoms with Gasteiger partial charge in [-0.1, -0.05) is 43.7 Å². The molecule has 0 spiro atoms. The maximum Gasteiger partial charge on any atom is 0.227 e. The van der Waals surface area contributed by atoms with Crippen molar-refractivity contribution >= 4 is 11.8 Å². The van der Waals surface area contributed by atoms with Gasteiger partial charge in [0.2, 0.25) is 11.8 Å². The molecule has 1 heterocycles. The Balaban J connectivity index is 1.84. The number of amides is 2. The number of rotatable bonds is 5. The first-order valence-corrected chi connectivity index (χ1v) is 8.30. The number of carbonyl (C=O) groups excluding carboxylic acids is 2. The minimum Gasteiger partial charge on any atom is -0.341 e. The van der Waals surface area contributed by atoms with Gasteiger partial charge < -0.3 is 9.80 Å². The van der Waals surface area contributed by atoms with Gasteiger partial charge in [0.1, 0.15) is 0 Å². The van der Waals surface area contributed by atoms with E-state index in [1.807, 2.05) is 40.1 Å². The molecule has 2 amide bonds. The van der Waals surface area contributed by atoms with Crippen molar-refractivity contribution in [1.29, 1.82) is 0 Å². The van der Waals surface area contributed by atoms with Crippen LogP contribution in [-0.2, 0) is 16.0 Å². The standard InChI is InChI=1S/C18H26N2O2/c1-2-3-10-17(21)19-11-7-12-20(14-13-19)18(22)15-16-8-5-4-6-9-16/h4-6,8-9H,2-3,7,10-15H2,1H3. The number of unbranched alkanes of at least 4 members (excludes halogenated alkanes) is 1. The van der Waals surface area contributed by atoms with Crippen LogP contribution in [0.4, 0.5) is 0 Å². The Bertz CT molecular complexity index is 487. The van der Waals surface area contributed by atoms with Crippen LogP contribution in [0.3, 0.4) is 0 Å². The molecule has 0 aliphatic carbocycles. The van der Waals surface area contributed by atoms with Gasteiger partial charge in [0.25, 0.3) is 0 Å². The van der Waals surface area contributed by atoms with Crippen LogP contribution in [0.1, 0.15) is 38.2 Å². The second-order valence-corrected chi connectivity index (χ2v) is 5.88. The third-order valence-electron chi connectivity index (χ3n) is 4.14. The van der Waals surface area contributed by atoms with E-state index in [9.17, 15) is 9.59 Å². The van der Waals surface area contributed by atoms with Crippen LogP contribution < -0.4 is 0 Å². The second-order valence-electron chi connectivity index (χ2n) is 5.88. The minimum absolute atomic E-state index is 0.161. The average molecular weight is 302 g/mol. The zero-order chi connectivity index (χ0) is 15.8. The Morgan fingerprint density at radius 1 is 0.955 bits per heavy atom. The lowest BCUT2D eigenvalue weighted by Gasteiger charge is -2.22. The topological polar surface area (TPSA) is 40.6 Å².